The van der Waals surface area contributed by atoms with Gasteiger partial charge in [-0.3, -0.25) is 0 Å². The molecular formula is C18H27NO2. The van der Waals surface area contributed by atoms with E-state index in [1.54, 1.807) is 0 Å². The lowest BCUT2D eigenvalue weighted by atomic mass is 9.94. The second kappa shape index (κ2) is 7.81. The van der Waals surface area contributed by atoms with Gasteiger partial charge in [-0.1, -0.05) is 18.2 Å². The van der Waals surface area contributed by atoms with E-state index in [0.717, 1.165) is 45.3 Å². The highest BCUT2D eigenvalue weighted by Gasteiger charge is 2.20. The number of hydrogen-bond donors (Lipinski definition) is 1. The van der Waals surface area contributed by atoms with Crippen LogP contribution in [0.3, 0.4) is 0 Å². The smallest absolute Gasteiger partial charge is 0.0536 e. The van der Waals surface area contributed by atoms with Gasteiger partial charge >= 0.3 is 0 Å². The van der Waals surface area contributed by atoms with Crippen molar-refractivity contribution in [2.75, 3.05) is 38.3 Å². The van der Waals surface area contributed by atoms with Crippen molar-refractivity contribution in [2.24, 2.45) is 5.92 Å². The van der Waals surface area contributed by atoms with E-state index in [9.17, 15) is 0 Å². The molecule has 21 heavy (non-hydrogen) atoms. The van der Waals surface area contributed by atoms with Crippen LogP contribution in [0, 0.1) is 5.92 Å². The summed E-state index contributed by atoms with van der Waals surface area (Å²) in [4.78, 5) is 0. The topological polar surface area (TPSA) is 30.5 Å². The molecule has 0 aliphatic carbocycles. The van der Waals surface area contributed by atoms with E-state index in [1.165, 1.54) is 36.9 Å². The Bertz CT molecular complexity index is 423. The maximum absolute atomic E-state index is 5.53. The van der Waals surface area contributed by atoms with Crippen LogP contribution in [0.4, 0.5) is 5.69 Å². The molecule has 1 aromatic carbocycles. The molecule has 0 amide bonds. The molecule has 1 aromatic rings. The van der Waals surface area contributed by atoms with Crippen molar-refractivity contribution < 1.29 is 9.47 Å². The highest BCUT2D eigenvalue weighted by atomic mass is 16.5. The standard InChI is InChI=1S/C18H27NO2/c1-2-6-18(17(5-1)16-9-13-21-14-16)19-10-3-4-15-7-11-20-12-8-15/h1-2,5-6,15-16,19H,3-4,7-14H2. The summed E-state index contributed by atoms with van der Waals surface area (Å²) in [6.07, 6.45) is 6.22. The van der Waals surface area contributed by atoms with Crippen molar-refractivity contribution in [2.45, 2.75) is 38.0 Å². The van der Waals surface area contributed by atoms with E-state index in [0.29, 0.717) is 5.92 Å². The first-order valence-corrected chi connectivity index (χ1v) is 8.42. The third-order valence-electron chi connectivity index (χ3n) is 4.78. The van der Waals surface area contributed by atoms with Crippen LogP contribution < -0.4 is 5.32 Å². The molecule has 1 N–H and O–H groups in total. The Balaban J connectivity index is 1.46. The Kier molecular flexibility index (Phi) is 5.53. The fraction of sp³-hybridized carbons (Fsp3) is 0.667. The largest absolute Gasteiger partial charge is 0.385 e. The average molecular weight is 289 g/mol. The summed E-state index contributed by atoms with van der Waals surface area (Å²) in [7, 11) is 0. The number of nitrogens with one attached hydrogen (secondary N) is 1. The first-order valence-electron chi connectivity index (χ1n) is 8.42. The number of hydrogen-bond acceptors (Lipinski definition) is 3. The van der Waals surface area contributed by atoms with Gasteiger partial charge in [-0.15, -0.1) is 0 Å². The molecule has 1 unspecified atom stereocenters. The van der Waals surface area contributed by atoms with Crippen LogP contribution >= 0.6 is 0 Å². The molecular weight excluding hydrogens is 262 g/mol. The molecule has 0 saturated carbocycles. The zero-order valence-electron chi connectivity index (χ0n) is 12.9. The van der Waals surface area contributed by atoms with E-state index in [-0.39, 0.29) is 0 Å². The van der Waals surface area contributed by atoms with Gasteiger partial charge in [0, 0.05) is 38.0 Å². The Hall–Kier alpha value is -1.06. The van der Waals surface area contributed by atoms with Gasteiger partial charge in [-0.05, 0) is 49.7 Å². The quantitative estimate of drug-likeness (QED) is 0.808. The summed E-state index contributed by atoms with van der Waals surface area (Å²) in [5.41, 5.74) is 2.74. The van der Waals surface area contributed by atoms with Crippen molar-refractivity contribution >= 4 is 5.69 Å². The summed E-state index contributed by atoms with van der Waals surface area (Å²) in [5, 5.41) is 3.64. The number of ether oxygens (including phenoxy) is 2. The predicted molar refractivity (Wildman–Crippen MR) is 85.9 cm³/mol. The summed E-state index contributed by atoms with van der Waals surface area (Å²) in [6, 6.07) is 8.73. The van der Waals surface area contributed by atoms with Crippen molar-refractivity contribution in [1.82, 2.24) is 0 Å². The van der Waals surface area contributed by atoms with Crippen LogP contribution in [0.25, 0.3) is 0 Å². The maximum atomic E-state index is 5.53. The van der Waals surface area contributed by atoms with Gasteiger partial charge in [-0.25, -0.2) is 0 Å². The number of anilines is 1. The minimum Gasteiger partial charge on any atom is -0.385 e. The van der Waals surface area contributed by atoms with E-state index < -0.39 is 0 Å². The van der Waals surface area contributed by atoms with Crippen LogP contribution in [0.15, 0.2) is 24.3 Å². The van der Waals surface area contributed by atoms with Crippen molar-refractivity contribution in [3.63, 3.8) is 0 Å². The summed E-state index contributed by atoms with van der Waals surface area (Å²) in [6.45, 7) is 4.77. The summed E-state index contributed by atoms with van der Waals surface area (Å²) >= 11 is 0. The van der Waals surface area contributed by atoms with Gasteiger partial charge in [0.05, 0.1) is 6.61 Å². The zero-order valence-corrected chi connectivity index (χ0v) is 12.9. The zero-order chi connectivity index (χ0) is 14.3. The van der Waals surface area contributed by atoms with Crippen molar-refractivity contribution in [3.8, 4) is 0 Å². The fourth-order valence-electron chi connectivity index (χ4n) is 3.44. The third kappa shape index (κ3) is 4.21. The van der Waals surface area contributed by atoms with Crippen LogP contribution in [0.1, 0.15) is 43.6 Å². The molecule has 0 radical (unpaired) electrons. The van der Waals surface area contributed by atoms with Crippen molar-refractivity contribution in [3.05, 3.63) is 29.8 Å². The third-order valence-corrected chi connectivity index (χ3v) is 4.78. The predicted octanol–water partition coefficient (Wildman–Crippen LogP) is 3.81. The van der Waals surface area contributed by atoms with E-state index >= 15 is 0 Å². The molecule has 116 valence electrons. The molecule has 3 heteroatoms. The number of benzene rings is 1. The molecule has 0 aromatic heterocycles. The lowest BCUT2D eigenvalue weighted by Gasteiger charge is -2.22. The SMILES string of the molecule is c1ccc(C2CCOC2)c(NCCCC2CCOCC2)c1. The van der Waals surface area contributed by atoms with Crippen LogP contribution in [0.2, 0.25) is 0 Å². The highest BCUT2D eigenvalue weighted by molar-refractivity contribution is 5.53. The Labute approximate surface area is 128 Å². The first-order chi connectivity index (χ1) is 10.4. The van der Waals surface area contributed by atoms with Gasteiger partial charge in [-0.2, -0.15) is 0 Å². The first kappa shape index (κ1) is 14.9. The lowest BCUT2D eigenvalue weighted by Crippen LogP contribution is -2.16. The second-order valence-electron chi connectivity index (χ2n) is 6.27. The van der Waals surface area contributed by atoms with E-state index in [1.807, 2.05) is 0 Å². The molecule has 3 rings (SSSR count). The molecule has 0 bridgehead atoms. The Morgan fingerprint density at radius 2 is 1.81 bits per heavy atom. The van der Waals surface area contributed by atoms with Crippen LogP contribution in [0.5, 0.6) is 0 Å². The maximum Gasteiger partial charge on any atom is 0.0536 e. The Morgan fingerprint density at radius 3 is 2.62 bits per heavy atom. The molecule has 2 saturated heterocycles. The van der Waals surface area contributed by atoms with Gasteiger partial charge < -0.3 is 14.8 Å². The van der Waals surface area contributed by atoms with Gasteiger partial charge in [0.1, 0.15) is 0 Å². The molecule has 3 nitrogen and oxygen atoms in total. The molecule has 1 atom stereocenters. The number of rotatable bonds is 6. The van der Waals surface area contributed by atoms with E-state index in [2.05, 4.69) is 29.6 Å². The lowest BCUT2D eigenvalue weighted by molar-refractivity contribution is 0.0636. The van der Waals surface area contributed by atoms with Gasteiger partial charge in [0.25, 0.3) is 0 Å². The highest BCUT2D eigenvalue weighted by Crippen LogP contribution is 2.31. The van der Waals surface area contributed by atoms with Crippen LogP contribution in [-0.4, -0.2) is 33.0 Å². The van der Waals surface area contributed by atoms with Crippen molar-refractivity contribution in [1.29, 1.82) is 0 Å². The van der Waals surface area contributed by atoms with Gasteiger partial charge in [0.15, 0.2) is 0 Å². The molecule has 2 aliphatic heterocycles. The number of para-hydroxylation sites is 1. The normalized spacial score (nSPS) is 23.3. The minimum atomic E-state index is 0.573. The summed E-state index contributed by atoms with van der Waals surface area (Å²) in [5.74, 6) is 1.45. The van der Waals surface area contributed by atoms with Gasteiger partial charge in [0.2, 0.25) is 0 Å². The molecule has 0 spiro atoms. The second-order valence-corrected chi connectivity index (χ2v) is 6.27. The van der Waals surface area contributed by atoms with E-state index in [4.69, 9.17) is 9.47 Å². The Morgan fingerprint density at radius 1 is 1.00 bits per heavy atom. The molecule has 2 heterocycles. The molecule has 2 fully saturated rings. The minimum absolute atomic E-state index is 0.573. The average Bonchev–Trinajstić information content (AvgIpc) is 3.07. The monoisotopic (exact) mass is 289 g/mol. The summed E-state index contributed by atoms with van der Waals surface area (Å²) < 4.78 is 11.0. The van der Waals surface area contributed by atoms with Crippen LogP contribution in [-0.2, 0) is 9.47 Å². The fourth-order valence-corrected chi connectivity index (χ4v) is 3.44. The molecule has 2 aliphatic rings.